The fourth-order valence-electron chi connectivity index (χ4n) is 2.62. The van der Waals surface area contributed by atoms with Crippen molar-refractivity contribution in [1.29, 1.82) is 0 Å². The molecule has 1 aliphatic carbocycles. The van der Waals surface area contributed by atoms with Gasteiger partial charge in [-0.1, -0.05) is 25.0 Å². The average Bonchev–Trinajstić information content (AvgIpc) is 2.95. The van der Waals surface area contributed by atoms with E-state index in [0.717, 1.165) is 37.0 Å². The average molecular weight is 274 g/mol. The van der Waals surface area contributed by atoms with Crippen molar-refractivity contribution in [2.45, 2.75) is 31.2 Å². The van der Waals surface area contributed by atoms with Gasteiger partial charge in [0.1, 0.15) is 5.75 Å². The number of hydrogen-bond donors (Lipinski definition) is 2. The SMILES string of the molecule is COc1ccc(C=CC(=O)NC2(CN)CCCC2)cc1. The van der Waals surface area contributed by atoms with E-state index < -0.39 is 0 Å². The van der Waals surface area contributed by atoms with E-state index in [1.807, 2.05) is 24.3 Å². The first-order valence-corrected chi connectivity index (χ1v) is 7.02. The van der Waals surface area contributed by atoms with Gasteiger partial charge in [0.2, 0.25) is 5.91 Å². The van der Waals surface area contributed by atoms with Gasteiger partial charge in [0.15, 0.2) is 0 Å². The number of carbonyl (C=O) groups is 1. The lowest BCUT2D eigenvalue weighted by atomic mass is 9.98. The molecule has 0 heterocycles. The minimum Gasteiger partial charge on any atom is -0.497 e. The Morgan fingerprint density at radius 3 is 2.55 bits per heavy atom. The van der Waals surface area contributed by atoms with Crippen molar-refractivity contribution in [3.8, 4) is 5.75 Å². The van der Waals surface area contributed by atoms with Gasteiger partial charge in [-0.2, -0.15) is 0 Å². The predicted molar refractivity (Wildman–Crippen MR) is 80.4 cm³/mol. The molecule has 3 N–H and O–H groups in total. The largest absolute Gasteiger partial charge is 0.497 e. The summed E-state index contributed by atoms with van der Waals surface area (Å²) in [6.45, 7) is 0.509. The summed E-state index contributed by atoms with van der Waals surface area (Å²) >= 11 is 0. The minimum atomic E-state index is -0.193. The molecule has 4 nitrogen and oxygen atoms in total. The summed E-state index contributed by atoms with van der Waals surface area (Å²) in [5.74, 6) is 0.729. The van der Waals surface area contributed by atoms with Gasteiger partial charge in [-0.15, -0.1) is 0 Å². The number of ether oxygens (including phenoxy) is 1. The molecule has 1 amide bonds. The van der Waals surface area contributed by atoms with Crippen molar-refractivity contribution in [1.82, 2.24) is 5.32 Å². The van der Waals surface area contributed by atoms with Crippen LogP contribution in [0, 0.1) is 0 Å². The summed E-state index contributed by atoms with van der Waals surface area (Å²) in [7, 11) is 1.63. The summed E-state index contributed by atoms with van der Waals surface area (Å²) in [5.41, 5.74) is 6.58. The molecule has 0 saturated heterocycles. The number of benzene rings is 1. The summed E-state index contributed by atoms with van der Waals surface area (Å²) in [5, 5.41) is 3.06. The van der Waals surface area contributed by atoms with Gasteiger partial charge < -0.3 is 15.8 Å². The Morgan fingerprint density at radius 2 is 2.00 bits per heavy atom. The van der Waals surface area contributed by atoms with Crippen LogP contribution in [-0.2, 0) is 4.79 Å². The maximum Gasteiger partial charge on any atom is 0.244 e. The highest BCUT2D eigenvalue weighted by Crippen LogP contribution is 2.28. The van der Waals surface area contributed by atoms with Crippen molar-refractivity contribution >= 4 is 12.0 Å². The lowest BCUT2D eigenvalue weighted by molar-refractivity contribution is -0.118. The zero-order valence-corrected chi connectivity index (χ0v) is 11.9. The normalized spacial score (nSPS) is 17.3. The monoisotopic (exact) mass is 274 g/mol. The van der Waals surface area contributed by atoms with E-state index in [0.29, 0.717) is 6.54 Å². The standard InChI is InChI=1S/C16H22N2O2/c1-20-14-7-4-13(5-8-14)6-9-15(19)18-16(12-17)10-2-3-11-16/h4-9H,2-3,10-12,17H2,1H3,(H,18,19). The molecule has 1 aromatic carbocycles. The van der Waals surface area contributed by atoms with E-state index in [4.69, 9.17) is 10.5 Å². The van der Waals surface area contributed by atoms with Gasteiger partial charge in [0.05, 0.1) is 12.6 Å². The molecule has 1 aliphatic rings. The van der Waals surface area contributed by atoms with Crippen LogP contribution in [0.3, 0.4) is 0 Å². The third kappa shape index (κ3) is 3.61. The molecule has 0 radical (unpaired) electrons. The van der Waals surface area contributed by atoms with E-state index in [1.54, 1.807) is 19.3 Å². The van der Waals surface area contributed by atoms with Gasteiger partial charge in [-0.3, -0.25) is 4.79 Å². The topological polar surface area (TPSA) is 64.3 Å². The van der Waals surface area contributed by atoms with Crippen molar-refractivity contribution in [2.24, 2.45) is 5.73 Å². The lowest BCUT2D eigenvalue weighted by Crippen LogP contribution is -2.51. The molecule has 1 aromatic rings. The molecule has 0 spiro atoms. The van der Waals surface area contributed by atoms with Crippen LogP contribution in [0.2, 0.25) is 0 Å². The summed E-state index contributed by atoms with van der Waals surface area (Å²) in [6, 6.07) is 7.57. The maximum atomic E-state index is 12.0. The van der Waals surface area contributed by atoms with E-state index in [-0.39, 0.29) is 11.4 Å². The Kier molecular flexibility index (Phi) is 4.79. The zero-order chi connectivity index (χ0) is 14.4. The Morgan fingerprint density at radius 1 is 1.35 bits per heavy atom. The fourth-order valence-corrected chi connectivity index (χ4v) is 2.62. The molecule has 1 saturated carbocycles. The second kappa shape index (κ2) is 6.57. The second-order valence-corrected chi connectivity index (χ2v) is 5.29. The van der Waals surface area contributed by atoms with Gasteiger partial charge in [-0.25, -0.2) is 0 Å². The van der Waals surface area contributed by atoms with Crippen LogP contribution in [0.15, 0.2) is 30.3 Å². The Bertz CT molecular complexity index is 474. The van der Waals surface area contributed by atoms with Crippen molar-refractivity contribution in [3.63, 3.8) is 0 Å². The van der Waals surface area contributed by atoms with Gasteiger partial charge in [0.25, 0.3) is 0 Å². The number of rotatable bonds is 5. The first-order valence-electron chi connectivity index (χ1n) is 7.02. The maximum absolute atomic E-state index is 12.0. The molecule has 1 fully saturated rings. The molecule has 0 bridgehead atoms. The molecule has 4 heteroatoms. The molecule has 108 valence electrons. The Labute approximate surface area is 120 Å². The minimum absolute atomic E-state index is 0.0758. The van der Waals surface area contributed by atoms with Crippen LogP contribution in [0.4, 0.5) is 0 Å². The van der Waals surface area contributed by atoms with Crippen molar-refractivity contribution < 1.29 is 9.53 Å². The number of amides is 1. The summed E-state index contributed by atoms with van der Waals surface area (Å²) in [6.07, 6.45) is 7.60. The highest BCUT2D eigenvalue weighted by Gasteiger charge is 2.33. The predicted octanol–water partition coefficient (Wildman–Crippen LogP) is 2.10. The van der Waals surface area contributed by atoms with Crippen LogP contribution in [0.1, 0.15) is 31.2 Å². The van der Waals surface area contributed by atoms with Gasteiger partial charge >= 0.3 is 0 Å². The van der Waals surface area contributed by atoms with Crippen molar-refractivity contribution in [3.05, 3.63) is 35.9 Å². The van der Waals surface area contributed by atoms with Gasteiger partial charge in [0, 0.05) is 12.6 Å². The van der Waals surface area contributed by atoms with E-state index in [2.05, 4.69) is 5.32 Å². The van der Waals surface area contributed by atoms with Crippen LogP contribution in [0.25, 0.3) is 6.08 Å². The second-order valence-electron chi connectivity index (χ2n) is 5.29. The summed E-state index contributed by atoms with van der Waals surface area (Å²) < 4.78 is 5.09. The third-order valence-electron chi connectivity index (χ3n) is 3.88. The first kappa shape index (κ1) is 14.6. The van der Waals surface area contributed by atoms with E-state index >= 15 is 0 Å². The quantitative estimate of drug-likeness (QED) is 0.808. The fraction of sp³-hybridized carbons (Fsp3) is 0.438. The lowest BCUT2D eigenvalue weighted by Gasteiger charge is -2.27. The smallest absolute Gasteiger partial charge is 0.244 e. The molecule has 0 aliphatic heterocycles. The number of methoxy groups -OCH3 is 1. The van der Waals surface area contributed by atoms with Crippen LogP contribution < -0.4 is 15.8 Å². The van der Waals surface area contributed by atoms with E-state index in [1.165, 1.54) is 0 Å². The third-order valence-corrected chi connectivity index (χ3v) is 3.88. The van der Waals surface area contributed by atoms with Crippen LogP contribution >= 0.6 is 0 Å². The molecular formula is C16H22N2O2. The highest BCUT2D eigenvalue weighted by atomic mass is 16.5. The molecule has 20 heavy (non-hydrogen) atoms. The van der Waals surface area contributed by atoms with Crippen molar-refractivity contribution in [2.75, 3.05) is 13.7 Å². The van der Waals surface area contributed by atoms with Gasteiger partial charge in [-0.05, 0) is 36.6 Å². The van der Waals surface area contributed by atoms with Crippen LogP contribution in [0.5, 0.6) is 5.75 Å². The first-order chi connectivity index (χ1) is 9.67. The van der Waals surface area contributed by atoms with E-state index in [9.17, 15) is 4.79 Å². The number of nitrogens with one attached hydrogen (secondary N) is 1. The summed E-state index contributed by atoms with van der Waals surface area (Å²) in [4.78, 5) is 12.0. The number of carbonyl (C=O) groups excluding carboxylic acids is 1. The highest BCUT2D eigenvalue weighted by molar-refractivity contribution is 5.92. The molecule has 0 aromatic heterocycles. The zero-order valence-electron chi connectivity index (χ0n) is 11.9. The molecule has 0 atom stereocenters. The van der Waals surface area contributed by atoms with Crippen LogP contribution in [-0.4, -0.2) is 25.1 Å². The molecule has 0 unspecified atom stereocenters. The molecular weight excluding hydrogens is 252 g/mol. The number of hydrogen-bond acceptors (Lipinski definition) is 3. The Balaban J connectivity index is 1.94. The Hall–Kier alpha value is -1.81. The molecule has 2 rings (SSSR count). The number of nitrogens with two attached hydrogens (primary N) is 1.